The Morgan fingerprint density at radius 2 is 1.75 bits per heavy atom. The molecule has 0 saturated heterocycles. The zero-order valence-corrected chi connectivity index (χ0v) is 10.7. The standard InChI is InChI=1S/C14H23NO/c1-5-14(9-16)15-12(4)13-7-10(2)6-11(3)8-13/h6-8,12,14-16H,5,9H2,1-4H3/t12?,14-/m0/s1. The Balaban J connectivity index is 2.75. The first-order valence-corrected chi connectivity index (χ1v) is 6.02. The first-order valence-electron chi connectivity index (χ1n) is 6.02. The summed E-state index contributed by atoms with van der Waals surface area (Å²) in [5.74, 6) is 0. The fourth-order valence-corrected chi connectivity index (χ4v) is 2.01. The van der Waals surface area contributed by atoms with Crippen LogP contribution in [-0.2, 0) is 0 Å². The average Bonchev–Trinajstić information content (AvgIpc) is 2.24. The molecule has 2 atom stereocenters. The van der Waals surface area contributed by atoms with Crippen LogP contribution in [0.25, 0.3) is 0 Å². The Hall–Kier alpha value is -0.860. The van der Waals surface area contributed by atoms with E-state index >= 15 is 0 Å². The maximum Gasteiger partial charge on any atom is 0.0584 e. The topological polar surface area (TPSA) is 32.3 Å². The Kier molecular flexibility index (Phi) is 4.97. The lowest BCUT2D eigenvalue weighted by atomic mass is 10.0. The van der Waals surface area contributed by atoms with E-state index in [9.17, 15) is 0 Å². The molecule has 0 amide bonds. The molecule has 16 heavy (non-hydrogen) atoms. The van der Waals surface area contributed by atoms with Crippen LogP contribution < -0.4 is 5.32 Å². The number of rotatable bonds is 5. The number of aliphatic hydroxyl groups is 1. The lowest BCUT2D eigenvalue weighted by Crippen LogP contribution is -2.33. The molecule has 0 aliphatic rings. The molecule has 0 aromatic heterocycles. The molecular weight excluding hydrogens is 198 g/mol. The normalized spacial score (nSPS) is 14.8. The van der Waals surface area contributed by atoms with Gasteiger partial charge in [-0.3, -0.25) is 0 Å². The summed E-state index contributed by atoms with van der Waals surface area (Å²) in [4.78, 5) is 0. The van der Waals surface area contributed by atoms with E-state index in [0.29, 0.717) is 0 Å². The average molecular weight is 221 g/mol. The summed E-state index contributed by atoms with van der Waals surface area (Å²) in [5.41, 5.74) is 3.88. The minimum atomic E-state index is 0.191. The van der Waals surface area contributed by atoms with Crippen molar-refractivity contribution in [2.24, 2.45) is 0 Å². The summed E-state index contributed by atoms with van der Waals surface area (Å²) in [7, 11) is 0. The Morgan fingerprint density at radius 1 is 1.19 bits per heavy atom. The Labute approximate surface area is 98.7 Å². The number of benzene rings is 1. The van der Waals surface area contributed by atoms with Crippen LogP contribution in [0.2, 0.25) is 0 Å². The van der Waals surface area contributed by atoms with Crippen LogP contribution in [0.5, 0.6) is 0 Å². The van der Waals surface area contributed by atoms with E-state index in [0.717, 1.165) is 6.42 Å². The Bertz CT molecular complexity index is 311. The second-order valence-corrected chi connectivity index (χ2v) is 4.60. The number of nitrogens with one attached hydrogen (secondary N) is 1. The quantitative estimate of drug-likeness (QED) is 0.801. The molecule has 1 aromatic carbocycles. The predicted molar refractivity (Wildman–Crippen MR) is 68.6 cm³/mol. The molecular formula is C14H23NO. The molecule has 0 aliphatic heterocycles. The van der Waals surface area contributed by atoms with Gasteiger partial charge in [-0.25, -0.2) is 0 Å². The van der Waals surface area contributed by atoms with Gasteiger partial charge in [0, 0.05) is 12.1 Å². The van der Waals surface area contributed by atoms with Crippen molar-refractivity contribution < 1.29 is 5.11 Å². The lowest BCUT2D eigenvalue weighted by molar-refractivity contribution is 0.230. The lowest BCUT2D eigenvalue weighted by Gasteiger charge is -2.21. The first-order chi connectivity index (χ1) is 7.56. The van der Waals surface area contributed by atoms with Gasteiger partial charge in [-0.05, 0) is 32.8 Å². The Morgan fingerprint density at radius 3 is 2.19 bits per heavy atom. The van der Waals surface area contributed by atoms with Gasteiger partial charge in [0.05, 0.1) is 6.61 Å². The summed E-state index contributed by atoms with van der Waals surface area (Å²) in [6, 6.07) is 7.06. The van der Waals surface area contributed by atoms with Gasteiger partial charge in [0.15, 0.2) is 0 Å². The molecule has 2 N–H and O–H groups in total. The highest BCUT2D eigenvalue weighted by Crippen LogP contribution is 2.17. The van der Waals surface area contributed by atoms with Crippen LogP contribution >= 0.6 is 0 Å². The minimum absolute atomic E-state index is 0.191. The van der Waals surface area contributed by atoms with E-state index in [1.807, 2.05) is 0 Å². The second-order valence-electron chi connectivity index (χ2n) is 4.60. The third-order valence-corrected chi connectivity index (χ3v) is 2.94. The first kappa shape index (κ1) is 13.2. The molecule has 0 spiro atoms. The molecule has 2 heteroatoms. The van der Waals surface area contributed by atoms with Crippen molar-refractivity contribution in [3.63, 3.8) is 0 Å². The number of hydrogen-bond donors (Lipinski definition) is 2. The second kappa shape index (κ2) is 6.02. The summed E-state index contributed by atoms with van der Waals surface area (Å²) >= 11 is 0. The molecule has 1 aromatic rings. The van der Waals surface area contributed by atoms with Crippen molar-refractivity contribution in [1.82, 2.24) is 5.32 Å². The van der Waals surface area contributed by atoms with Gasteiger partial charge in [0.2, 0.25) is 0 Å². The van der Waals surface area contributed by atoms with E-state index in [1.54, 1.807) is 0 Å². The summed E-state index contributed by atoms with van der Waals surface area (Å²) < 4.78 is 0. The van der Waals surface area contributed by atoms with Crippen LogP contribution in [0.4, 0.5) is 0 Å². The van der Waals surface area contributed by atoms with E-state index in [2.05, 4.69) is 51.2 Å². The van der Waals surface area contributed by atoms with Gasteiger partial charge in [0.25, 0.3) is 0 Å². The van der Waals surface area contributed by atoms with Gasteiger partial charge in [-0.15, -0.1) is 0 Å². The van der Waals surface area contributed by atoms with Gasteiger partial charge in [-0.1, -0.05) is 36.2 Å². The van der Waals surface area contributed by atoms with Crippen molar-refractivity contribution in [1.29, 1.82) is 0 Å². The van der Waals surface area contributed by atoms with Crippen molar-refractivity contribution in [3.8, 4) is 0 Å². The maximum atomic E-state index is 9.17. The molecule has 0 radical (unpaired) electrons. The molecule has 0 heterocycles. The van der Waals surface area contributed by atoms with Crippen molar-refractivity contribution in [3.05, 3.63) is 34.9 Å². The van der Waals surface area contributed by atoms with E-state index in [-0.39, 0.29) is 18.7 Å². The highest BCUT2D eigenvalue weighted by atomic mass is 16.3. The fraction of sp³-hybridized carbons (Fsp3) is 0.571. The number of hydrogen-bond acceptors (Lipinski definition) is 2. The van der Waals surface area contributed by atoms with Crippen molar-refractivity contribution in [2.45, 2.75) is 46.2 Å². The monoisotopic (exact) mass is 221 g/mol. The van der Waals surface area contributed by atoms with E-state index in [1.165, 1.54) is 16.7 Å². The third kappa shape index (κ3) is 3.62. The van der Waals surface area contributed by atoms with Gasteiger partial charge in [-0.2, -0.15) is 0 Å². The highest BCUT2D eigenvalue weighted by Gasteiger charge is 2.11. The van der Waals surface area contributed by atoms with Crippen molar-refractivity contribution in [2.75, 3.05) is 6.61 Å². The molecule has 90 valence electrons. The van der Waals surface area contributed by atoms with Crippen molar-refractivity contribution >= 4 is 0 Å². The van der Waals surface area contributed by atoms with Gasteiger partial charge < -0.3 is 10.4 Å². The van der Waals surface area contributed by atoms with Crippen LogP contribution in [-0.4, -0.2) is 17.8 Å². The molecule has 1 rings (SSSR count). The van der Waals surface area contributed by atoms with Gasteiger partial charge >= 0.3 is 0 Å². The summed E-state index contributed by atoms with van der Waals surface area (Å²) in [5, 5.41) is 12.6. The molecule has 0 saturated carbocycles. The molecule has 2 nitrogen and oxygen atoms in total. The SMILES string of the molecule is CC[C@@H](CO)NC(C)c1cc(C)cc(C)c1. The van der Waals surface area contributed by atoms with Gasteiger partial charge in [0.1, 0.15) is 0 Å². The predicted octanol–water partition coefficient (Wildman–Crippen LogP) is 2.72. The third-order valence-electron chi connectivity index (χ3n) is 2.94. The van der Waals surface area contributed by atoms with Crippen LogP contribution in [0.15, 0.2) is 18.2 Å². The van der Waals surface area contributed by atoms with E-state index < -0.39 is 0 Å². The largest absolute Gasteiger partial charge is 0.395 e. The minimum Gasteiger partial charge on any atom is -0.395 e. The molecule has 0 bridgehead atoms. The zero-order chi connectivity index (χ0) is 12.1. The molecule has 1 unspecified atom stereocenters. The zero-order valence-electron chi connectivity index (χ0n) is 10.7. The summed E-state index contributed by atoms with van der Waals surface area (Å²) in [6.07, 6.45) is 0.950. The highest BCUT2D eigenvalue weighted by molar-refractivity contribution is 5.30. The molecule has 0 fully saturated rings. The fourth-order valence-electron chi connectivity index (χ4n) is 2.01. The van der Waals surface area contributed by atoms with E-state index in [4.69, 9.17) is 5.11 Å². The maximum absolute atomic E-state index is 9.17. The van der Waals surface area contributed by atoms with Crippen LogP contribution in [0.1, 0.15) is 43.0 Å². The smallest absolute Gasteiger partial charge is 0.0584 e. The van der Waals surface area contributed by atoms with Crippen LogP contribution in [0.3, 0.4) is 0 Å². The van der Waals surface area contributed by atoms with Crippen LogP contribution in [0, 0.1) is 13.8 Å². The number of aliphatic hydroxyl groups excluding tert-OH is 1. The summed E-state index contributed by atoms with van der Waals surface area (Å²) in [6.45, 7) is 8.67. The molecule has 0 aliphatic carbocycles. The number of aryl methyl sites for hydroxylation is 2.